The lowest BCUT2D eigenvalue weighted by Gasteiger charge is -2.17. The predicted molar refractivity (Wildman–Crippen MR) is 102 cm³/mol. The minimum Gasteiger partial charge on any atom is -0.492 e. The fourth-order valence-electron chi connectivity index (χ4n) is 2.85. The molecule has 3 rings (SSSR count). The number of ether oxygens (including phenoxy) is 1. The highest BCUT2D eigenvalue weighted by Gasteiger charge is 2.56. The van der Waals surface area contributed by atoms with Crippen molar-refractivity contribution in [2.24, 2.45) is 5.41 Å². The third-order valence-electron chi connectivity index (χ3n) is 4.82. The van der Waals surface area contributed by atoms with Crippen LogP contribution in [0, 0.1) is 19.3 Å². The van der Waals surface area contributed by atoms with Gasteiger partial charge in [-0.2, -0.15) is 0 Å². The third-order valence-corrected chi connectivity index (χ3v) is 4.82. The number of hydrogen-bond donors (Lipinski definition) is 2. The van der Waals surface area contributed by atoms with Gasteiger partial charge in [-0.05, 0) is 69.0 Å². The molecule has 5 heteroatoms. The SMILES string of the molecule is CCOc1ccccc1NC(=O)C1(C(=O)Nc2ccc(C)c(C)c2)CC1. The maximum atomic E-state index is 12.8. The molecule has 5 nitrogen and oxygen atoms in total. The lowest BCUT2D eigenvalue weighted by molar-refractivity contribution is -0.131. The number of anilines is 2. The molecule has 1 saturated carbocycles. The summed E-state index contributed by atoms with van der Waals surface area (Å²) in [6, 6.07) is 13.0. The van der Waals surface area contributed by atoms with Gasteiger partial charge >= 0.3 is 0 Å². The van der Waals surface area contributed by atoms with Crippen molar-refractivity contribution < 1.29 is 14.3 Å². The Morgan fingerprint density at radius 2 is 1.69 bits per heavy atom. The number of benzene rings is 2. The number of nitrogens with one attached hydrogen (secondary N) is 2. The lowest BCUT2D eigenvalue weighted by Crippen LogP contribution is -2.35. The van der Waals surface area contributed by atoms with Gasteiger partial charge in [-0.3, -0.25) is 9.59 Å². The van der Waals surface area contributed by atoms with Gasteiger partial charge in [0.05, 0.1) is 12.3 Å². The molecule has 0 atom stereocenters. The smallest absolute Gasteiger partial charge is 0.240 e. The van der Waals surface area contributed by atoms with Crippen LogP contribution in [0.4, 0.5) is 11.4 Å². The summed E-state index contributed by atoms with van der Waals surface area (Å²) in [5.74, 6) is 0.0619. The van der Waals surface area contributed by atoms with E-state index in [0.29, 0.717) is 36.6 Å². The van der Waals surface area contributed by atoms with Crippen LogP contribution in [0.3, 0.4) is 0 Å². The van der Waals surface area contributed by atoms with Gasteiger partial charge in [0.25, 0.3) is 0 Å². The monoisotopic (exact) mass is 352 g/mol. The van der Waals surface area contributed by atoms with Gasteiger partial charge in [0.2, 0.25) is 11.8 Å². The molecule has 1 fully saturated rings. The molecule has 0 heterocycles. The largest absolute Gasteiger partial charge is 0.492 e. The number of rotatable bonds is 6. The Hall–Kier alpha value is -2.82. The van der Waals surface area contributed by atoms with E-state index >= 15 is 0 Å². The van der Waals surface area contributed by atoms with Crippen LogP contribution >= 0.6 is 0 Å². The summed E-state index contributed by atoms with van der Waals surface area (Å²) in [4.78, 5) is 25.5. The molecule has 1 aliphatic carbocycles. The van der Waals surface area contributed by atoms with E-state index in [2.05, 4.69) is 10.6 Å². The maximum Gasteiger partial charge on any atom is 0.240 e. The Kier molecular flexibility index (Phi) is 4.98. The molecular formula is C21H24N2O3. The van der Waals surface area contributed by atoms with Gasteiger partial charge in [-0.15, -0.1) is 0 Å². The number of carbonyl (C=O) groups excluding carboxylic acids is 2. The molecule has 0 radical (unpaired) electrons. The predicted octanol–water partition coefficient (Wildman–Crippen LogP) is 4.06. The van der Waals surface area contributed by atoms with E-state index in [-0.39, 0.29) is 11.8 Å². The van der Waals surface area contributed by atoms with Gasteiger partial charge in [0, 0.05) is 5.69 Å². The minimum absolute atomic E-state index is 0.257. The summed E-state index contributed by atoms with van der Waals surface area (Å²) in [7, 11) is 0. The summed E-state index contributed by atoms with van der Waals surface area (Å²) in [5, 5.41) is 5.75. The standard InChI is InChI=1S/C21H24N2O3/c1-4-26-18-8-6-5-7-17(18)23-20(25)21(11-12-21)19(24)22-16-10-9-14(2)15(3)13-16/h5-10,13H,4,11-12H2,1-3H3,(H,22,24)(H,23,25). The topological polar surface area (TPSA) is 67.4 Å². The van der Waals surface area contributed by atoms with E-state index < -0.39 is 5.41 Å². The number of aryl methyl sites for hydroxylation is 2. The van der Waals surface area contributed by atoms with Crippen molar-refractivity contribution >= 4 is 23.2 Å². The number of carbonyl (C=O) groups is 2. The van der Waals surface area contributed by atoms with Crippen LogP contribution in [0.25, 0.3) is 0 Å². The summed E-state index contributed by atoms with van der Waals surface area (Å²) in [5.41, 5.74) is 2.56. The van der Waals surface area contributed by atoms with Gasteiger partial charge in [0.1, 0.15) is 11.2 Å². The molecular weight excluding hydrogens is 328 g/mol. The highest BCUT2D eigenvalue weighted by atomic mass is 16.5. The van der Waals surface area contributed by atoms with Gasteiger partial charge < -0.3 is 15.4 Å². The maximum absolute atomic E-state index is 12.8. The van der Waals surface area contributed by atoms with E-state index in [0.717, 1.165) is 11.1 Å². The van der Waals surface area contributed by atoms with E-state index in [4.69, 9.17) is 4.74 Å². The van der Waals surface area contributed by atoms with Crippen molar-refractivity contribution in [2.45, 2.75) is 33.6 Å². The fraction of sp³-hybridized carbons (Fsp3) is 0.333. The lowest BCUT2D eigenvalue weighted by atomic mass is 10.0. The first-order valence-corrected chi connectivity index (χ1v) is 8.88. The molecule has 0 spiro atoms. The molecule has 0 saturated heterocycles. The average molecular weight is 352 g/mol. The molecule has 136 valence electrons. The van der Waals surface area contributed by atoms with E-state index in [9.17, 15) is 9.59 Å². The molecule has 0 aliphatic heterocycles. The second kappa shape index (κ2) is 7.20. The Balaban J connectivity index is 1.72. The van der Waals surface area contributed by atoms with Crippen LogP contribution in [0.15, 0.2) is 42.5 Å². The molecule has 2 aromatic carbocycles. The highest BCUT2D eigenvalue weighted by molar-refractivity contribution is 6.17. The number of amides is 2. The molecule has 0 bridgehead atoms. The number of para-hydroxylation sites is 2. The van der Waals surface area contributed by atoms with Gasteiger partial charge in [-0.25, -0.2) is 0 Å². The van der Waals surface area contributed by atoms with Crippen molar-refractivity contribution in [1.29, 1.82) is 0 Å². The Morgan fingerprint density at radius 1 is 1.00 bits per heavy atom. The fourth-order valence-corrected chi connectivity index (χ4v) is 2.85. The van der Waals surface area contributed by atoms with E-state index in [1.807, 2.05) is 51.1 Å². The molecule has 26 heavy (non-hydrogen) atoms. The highest BCUT2D eigenvalue weighted by Crippen LogP contribution is 2.48. The van der Waals surface area contributed by atoms with Crippen molar-refractivity contribution in [1.82, 2.24) is 0 Å². The Bertz CT molecular complexity index is 841. The van der Waals surface area contributed by atoms with Crippen LogP contribution in [-0.2, 0) is 9.59 Å². The Labute approximate surface area is 153 Å². The first kappa shape index (κ1) is 18.0. The molecule has 0 unspecified atom stereocenters. The summed E-state index contributed by atoms with van der Waals surface area (Å²) < 4.78 is 5.54. The quantitative estimate of drug-likeness (QED) is 0.771. The molecule has 0 aromatic heterocycles. The second-order valence-corrected chi connectivity index (χ2v) is 6.72. The van der Waals surface area contributed by atoms with Gasteiger partial charge in [0.15, 0.2) is 0 Å². The van der Waals surface area contributed by atoms with Crippen molar-refractivity contribution in [2.75, 3.05) is 17.2 Å². The molecule has 2 N–H and O–H groups in total. The normalized spacial score (nSPS) is 14.4. The molecule has 1 aliphatic rings. The molecule has 2 aromatic rings. The van der Waals surface area contributed by atoms with Crippen LogP contribution in [0.2, 0.25) is 0 Å². The van der Waals surface area contributed by atoms with Crippen molar-refractivity contribution in [3.8, 4) is 5.75 Å². The van der Waals surface area contributed by atoms with Crippen LogP contribution in [-0.4, -0.2) is 18.4 Å². The van der Waals surface area contributed by atoms with Crippen molar-refractivity contribution in [3.05, 3.63) is 53.6 Å². The average Bonchev–Trinajstić information content (AvgIpc) is 3.42. The van der Waals surface area contributed by atoms with Crippen LogP contribution < -0.4 is 15.4 Å². The Morgan fingerprint density at radius 3 is 2.35 bits per heavy atom. The zero-order valence-electron chi connectivity index (χ0n) is 15.4. The van der Waals surface area contributed by atoms with Gasteiger partial charge in [-0.1, -0.05) is 18.2 Å². The first-order valence-electron chi connectivity index (χ1n) is 8.88. The third kappa shape index (κ3) is 3.57. The second-order valence-electron chi connectivity index (χ2n) is 6.72. The zero-order chi connectivity index (χ0) is 18.7. The minimum atomic E-state index is -1.00. The summed E-state index contributed by atoms with van der Waals surface area (Å²) in [6.45, 7) is 6.41. The van der Waals surface area contributed by atoms with Crippen LogP contribution in [0.1, 0.15) is 30.9 Å². The summed E-state index contributed by atoms with van der Waals surface area (Å²) in [6.07, 6.45) is 1.10. The number of hydrogen-bond acceptors (Lipinski definition) is 3. The van der Waals surface area contributed by atoms with Crippen molar-refractivity contribution in [3.63, 3.8) is 0 Å². The first-order chi connectivity index (χ1) is 12.5. The van der Waals surface area contributed by atoms with E-state index in [1.165, 1.54) is 0 Å². The van der Waals surface area contributed by atoms with Crippen LogP contribution in [0.5, 0.6) is 5.75 Å². The summed E-state index contributed by atoms with van der Waals surface area (Å²) >= 11 is 0. The van der Waals surface area contributed by atoms with E-state index in [1.54, 1.807) is 12.1 Å². The molecule has 2 amide bonds. The zero-order valence-corrected chi connectivity index (χ0v) is 15.4.